The molecule has 0 amide bonds. The number of hydrogen-bond acceptors (Lipinski definition) is 7. The Balaban J connectivity index is 1.69. The van der Waals surface area contributed by atoms with E-state index in [-0.39, 0.29) is 18.5 Å². The number of methoxy groups -OCH3 is 2. The third-order valence-electron chi connectivity index (χ3n) is 4.66. The van der Waals surface area contributed by atoms with Gasteiger partial charge in [0.05, 0.1) is 32.9 Å². The minimum Gasteiger partial charge on any atom is -0.480 e. The van der Waals surface area contributed by atoms with E-state index in [9.17, 15) is 0 Å². The maximum absolute atomic E-state index is 7.41. The quantitative estimate of drug-likeness (QED) is 0.900. The Morgan fingerprint density at radius 1 is 1.43 bits per heavy atom. The zero-order chi connectivity index (χ0) is 20.9. The normalized spacial score (nSPS) is 31.7. The predicted octanol–water partition coefficient (Wildman–Crippen LogP) is 0.991. The number of aromatic nitrogens is 3. The number of anilines is 1. The van der Waals surface area contributed by atoms with Crippen molar-refractivity contribution in [1.82, 2.24) is 20.3 Å². The summed E-state index contributed by atoms with van der Waals surface area (Å²) in [5, 5.41) is 3.90. The Hall–Kier alpha value is -1.99. The van der Waals surface area contributed by atoms with Gasteiger partial charge in [-0.3, -0.25) is 0 Å². The molecule has 0 saturated carbocycles. The number of nitrogens with one attached hydrogen (secondary N) is 1. The van der Waals surface area contributed by atoms with Crippen molar-refractivity contribution in [3.8, 4) is 5.88 Å². The molecule has 2 aromatic heterocycles. The highest BCUT2D eigenvalue weighted by molar-refractivity contribution is 5.93. The number of piperazine rings is 1. The molecular formula is C16H21N5O2. The lowest BCUT2D eigenvalue weighted by Gasteiger charge is -2.41. The summed E-state index contributed by atoms with van der Waals surface area (Å²) < 4.78 is 54.5. The van der Waals surface area contributed by atoms with Crippen molar-refractivity contribution < 1.29 is 17.7 Å². The van der Waals surface area contributed by atoms with Crippen LogP contribution in [0.5, 0.6) is 5.88 Å². The maximum atomic E-state index is 7.41. The van der Waals surface area contributed by atoms with Gasteiger partial charge in [0, 0.05) is 32.4 Å². The van der Waals surface area contributed by atoms with Gasteiger partial charge in [0.15, 0.2) is 0 Å². The molecule has 2 fully saturated rings. The third kappa shape index (κ3) is 2.40. The van der Waals surface area contributed by atoms with E-state index in [1.807, 2.05) is 4.90 Å². The molecule has 2 atom stereocenters. The fourth-order valence-corrected chi connectivity index (χ4v) is 3.72. The molecule has 2 saturated heterocycles. The van der Waals surface area contributed by atoms with E-state index in [4.69, 9.17) is 17.7 Å². The second-order valence-electron chi connectivity index (χ2n) is 6.14. The average Bonchev–Trinajstić information content (AvgIpc) is 2.93. The first kappa shape index (κ1) is 9.34. The summed E-state index contributed by atoms with van der Waals surface area (Å²) in [5.41, 5.74) is -0.00935. The minimum atomic E-state index is -2.66. The van der Waals surface area contributed by atoms with Crippen molar-refractivity contribution in [1.29, 1.82) is 0 Å². The van der Waals surface area contributed by atoms with Crippen LogP contribution in [0, 0.1) is 0 Å². The molecule has 1 N–H and O–H groups in total. The fraction of sp³-hybridized carbons (Fsp3) is 0.562. The summed E-state index contributed by atoms with van der Waals surface area (Å²) in [5.74, 6) is 0.450. The molecular weight excluding hydrogens is 294 g/mol. The van der Waals surface area contributed by atoms with Gasteiger partial charge >= 0.3 is 0 Å². The lowest BCUT2D eigenvalue weighted by molar-refractivity contribution is 0.114. The van der Waals surface area contributed by atoms with Crippen molar-refractivity contribution in [2.75, 3.05) is 38.7 Å². The summed E-state index contributed by atoms with van der Waals surface area (Å²) in [6.45, 7) is 1.12. The summed E-state index contributed by atoms with van der Waals surface area (Å²) in [4.78, 5) is 14.7. The second-order valence-corrected chi connectivity index (χ2v) is 6.14. The molecule has 7 nitrogen and oxygen atoms in total. The van der Waals surface area contributed by atoms with Crippen molar-refractivity contribution in [2.24, 2.45) is 0 Å². The van der Waals surface area contributed by atoms with Gasteiger partial charge in [0.2, 0.25) is 5.88 Å². The molecule has 0 radical (unpaired) electrons. The van der Waals surface area contributed by atoms with Gasteiger partial charge in [-0.2, -0.15) is 0 Å². The van der Waals surface area contributed by atoms with Crippen LogP contribution < -0.4 is 15.0 Å². The van der Waals surface area contributed by atoms with Gasteiger partial charge in [0.25, 0.3) is 0 Å². The molecule has 2 aliphatic rings. The summed E-state index contributed by atoms with van der Waals surface area (Å²) in [6.07, 6.45) is 4.49. The first-order valence-corrected chi connectivity index (χ1v) is 7.49. The van der Waals surface area contributed by atoms with E-state index in [0.717, 1.165) is 12.8 Å². The smallest absolute Gasteiger partial charge is 0.226 e. The van der Waals surface area contributed by atoms with Crippen LogP contribution >= 0.6 is 0 Å². The third-order valence-corrected chi connectivity index (χ3v) is 4.66. The number of pyridine rings is 1. The lowest BCUT2D eigenvalue weighted by atomic mass is 9.98. The zero-order valence-corrected chi connectivity index (χ0v) is 12.5. The number of rotatable bonds is 4. The van der Waals surface area contributed by atoms with E-state index < -0.39 is 19.6 Å². The molecule has 4 heterocycles. The molecule has 122 valence electrons. The number of nitrogens with zero attached hydrogens (tertiary/aromatic N) is 4. The van der Waals surface area contributed by atoms with Gasteiger partial charge in [-0.25, -0.2) is 15.0 Å². The summed E-state index contributed by atoms with van der Waals surface area (Å²) in [7, 11) is -5.13. The highest BCUT2D eigenvalue weighted by Crippen LogP contribution is 2.36. The number of ether oxygens (including phenoxy) is 2. The maximum Gasteiger partial charge on any atom is 0.226 e. The molecule has 2 aliphatic heterocycles. The predicted molar refractivity (Wildman–Crippen MR) is 86.9 cm³/mol. The largest absolute Gasteiger partial charge is 0.480 e. The van der Waals surface area contributed by atoms with Crippen LogP contribution in [0.1, 0.15) is 21.1 Å². The van der Waals surface area contributed by atoms with Crippen LogP contribution in [0.4, 0.5) is 5.82 Å². The number of fused-ring (bicyclic) bond motifs is 3. The van der Waals surface area contributed by atoms with E-state index in [0.29, 0.717) is 29.8 Å². The number of hydrogen-bond donors (Lipinski definition) is 1. The molecule has 0 spiro atoms. The zero-order valence-electron chi connectivity index (χ0n) is 18.5. The highest BCUT2D eigenvalue weighted by Gasteiger charge is 2.45. The minimum absolute atomic E-state index is 0.0381. The van der Waals surface area contributed by atoms with Gasteiger partial charge in [0.1, 0.15) is 17.5 Å². The Morgan fingerprint density at radius 3 is 3.35 bits per heavy atom. The Bertz CT molecular complexity index is 902. The van der Waals surface area contributed by atoms with E-state index >= 15 is 0 Å². The van der Waals surface area contributed by atoms with E-state index in [2.05, 4.69) is 20.3 Å². The summed E-state index contributed by atoms with van der Waals surface area (Å²) in [6, 6.07) is 1.80. The van der Waals surface area contributed by atoms with Gasteiger partial charge < -0.3 is 19.7 Å². The summed E-state index contributed by atoms with van der Waals surface area (Å²) >= 11 is 0. The van der Waals surface area contributed by atoms with Gasteiger partial charge in [-0.15, -0.1) is 0 Å². The van der Waals surface area contributed by atoms with Gasteiger partial charge in [-0.1, -0.05) is 0 Å². The molecule has 0 aliphatic carbocycles. The van der Waals surface area contributed by atoms with Crippen LogP contribution in [-0.4, -0.2) is 60.3 Å². The van der Waals surface area contributed by atoms with Gasteiger partial charge in [-0.05, 0) is 18.9 Å². The van der Waals surface area contributed by atoms with Crippen LogP contribution in [0.3, 0.4) is 0 Å². The molecule has 4 rings (SSSR count). The van der Waals surface area contributed by atoms with E-state index in [1.54, 1.807) is 6.07 Å². The SMILES string of the molecule is [2H]C([2H])([2H])OCC12CCC(CN(c3ncnc4ccnc(OC([2H])([2H])[2H])c34)C1)N2. The molecule has 2 aromatic rings. The average molecular weight is 321 g/mol. The molecule has 0 aromatic carbocycles. The first-order chi connectivity index (χ1) is 13.5. The van der Waals surface area contributed by atoms with Crippen molar-refractivity contribution >= 4 is 16.7 Å². The van der Waals surface area contributed by atoms with Crippen LogP contribution in [-0.2, 0) is 4.74 Å². The van der Waals surface area contributed by atoms with Crippen molar-refractivity contribution in [3.05, 3.63) is 18.6 Å². The van der Waals surface area contributed by atoms with Crippen LogP contribution in [0.25, 0.3) is 10.9 Å². The standard InChI is InChI=1S/C16H21N5O2/c1-22-9-16-5-3-11(20-16)7-21(8-16)14-13-12(18-10-19-14)4-6-17-15(13)23-2/h4,6,10-11,20H,3,5,7-9H2,1-2H3/i1D3,2D3. The topological polar surface area (TPSA) is 72.4 Å². The molecule has 2 unspecified atom stereocenters. The fourth-order valence-electron chi connectivity index (χ4n) is 3.72. The monoisotopic (exact) mass is 321 g/mol. The first-order valence-electron chi connectivity index (χ1n) is 10.5. The highest BCUT2D eigenvalue weighted by atomic mass is 16.5. The van der Waals surface area contributed by atoms with Crippen LogP contribution in [0.15, 0.2) is 18.6 Å². The molecule has 2 bridgehead atoms. The van der Waals surface area contributed by atoms with E-state index in [1.165, 1.54) is 12.5 Å². The Kier molecular flexibility index (Phi) is 2.26. The Labute approximate surface area is 143 Å². The lowest BCUT2D eigenvalue weighted by Crippen LogP contribution is -2.61. The Morgan fingerprint density at radius 2 is 2.43 bits per heavy atom. The van der Waals surface area contributed by atoms with Crippen LogP contribution in [0.2, 0.25) is 0 Å². The molecule has 23 heavy (non-hydrogen) atoms. The van der Waals surface area contributed by atoms with Crippen molar-refractivity contribution in [3.63, 3.8) is 0 Å². The molecule has 7 heteroatoms. The second kappa shape index (κ2) is 5.58. The van der Waals surface area contributed by atoms with Crippen molar-refractivity contribution in [2.45, 2.75) is 24.4 Å².